The zero-order valence-electron chi connectivity index (χ0n) is 14.9. The number of piperidine rings is 1. The number of hydrogen-bond acceptors (Lipinski definition) is 4. The first-order valence-corrected chi connectivity index (χ1v) is 8.91. The number of nitrogens with one attached hydrogen (secondary N) is 1. The van der Waals surface area contributed by atoms with Gasteiger partial charge < -0.3 is 15.0 Å². The third-order valence-electron chi connectivity index (χ3n) is 4.73. The molecule has 1 aliphatic rings. The standard InChI is InChI=1S/C19H26N4O2/c1-3-20-14-15-8-11-22(12-9-15)19(24)18-10-13-23(21-18)16-4-6-17(25-2)7-5-16/h4-7,10,13,15,20H,3,8-9,11-12,14H2,1-2H3. The summed E-state index contributed by atoms with van der Waals surface area (Å²) in [5.41, 5.74) is 1.41. The second kappa shape index (κ2) is 8.16. The number of likely N-dealkylation sites (tertiary alicyclic amines) is 1. The quantitative estimate of drug-likeness (QED) is 0.875. The van der Waals surface area contributed by atoms with Gasteiger partial charge in [0.1, 0.15) is 5.75 Å². The molecule has 25 heavy (non-hydrogen) atoms. The molecular weight excluding hydrogens is 316 g/mol. The Morgan fingerprint density at radius 3 is 2.60 bits per heavy atom. The number of benzene rings is 1. The van der Waals surface area contributed by atoms with Crippen molar-refractivity contribution in [3.63, 3.8) is 0 Å². The van der Waals surface area contributed by atoms with Gasteiger partial charge in [-0.15, -0.1) is 0 Å². The van der Waals surface area contributed by atoms with E-state index >= 15 is 0 Å². The highest BCUT2D eigenvalue weighted by atomic mass is 16.5. The minimum Gasteiger partial charge on any atom is -0.497 e. The molecule has 3 rings (SSSR count). The van der Waals surface area contributed by atoms with Gasteiger partial charge in [0, 0.05) is 19.3 Å². The first-order valence-electron chi connectivity index (χ1n) is 8.91. The van der Waals surface area contributed by atoms with Crippen LogP contribution in [0.25, 0.3) is 5.69 Å². The van der Waals surface area contributed by atoms with Crippen molar-refractivity contribution in [1.29, 1.82) is 0 Å². The van der Waals surface area contributed by atoms with Crippen LogP contribution < -0.4 is 10.1 Å². The summed E-state index contributed by atoms with van der Waals surface area (Å²) in [5.74, 6) is 1.49. The maximum atomic E-state index is 12.7. The van der Waals surface area contributed by atoms with Crippen molar-refractivity contribution >= 4 is 5.91 Å². The first-order chi connectivity index (χ1) is 12.2. The molecule has 1 amide bonds. The molecule has 6 heteroatoms. The fourth-order valence-electron chi connectivity index (χ4n) is 3.17. The molecule has 0 saturated carbocycles. The smallest absolute Gasteiger partial charge is 0.274 e. The highest BCUT2D eigenvalue weighted by Crippen LogP contribution is 2.19. The molecule has 1 N–H and O–H groups in total. The van der Waals surface area contributed by atoms with Crippen LogP contribution in [0.2, 0.25) is 0 Å². The summed E-state index contributed by atoms with van der Waals surface area (Å²) in [5, 5.41) is 7.85. The number of rotatable bonds is 6. The van der Waals surface area contributed by atoms with Crippen LogP contribution in [0.1, 0.15) is 30.3 Å². The maximum absolute atomic E-state index is 12.7. The molecule has 0 radical (unpaired) electrons. The second-order valence-corrected chi connectivity index (χ2v) is 6.39. The average molecular weight is 342 g/mol. The van der Waals surface area contributed by atoms with Crippen LogP contribution in [0.4, 0.5) is 0 Å². The normalized spacial score (nSPS) is 15.4. The van der Waals surface area contributed by atoms with E-state index in [4.69, 9.17) is 4.74 Å². The van der Waals surface area contributed by atoms with Crippen molar-refractivity contribution in [1.82, 2.24) is 20.0 Å². The van der Waals surface area contributed by atoms with Crippen LogP contribution in [0.5, 0.6) is 5.75 Å². The third kappa shape index (κ3) is 4.20. The zero-order chi connectivity index (χ0) is 17.6. The van der Waals surface area contributed by atoms with Gasteiger partial charge in [0.15, 0.2) is 5.69 Å². The van der Waals surface area contributed by atoms with E-state index in [0.717, 1.165) is 50.5 Å². The van der Waals surface area contributed by atoms with Crippen LogP contribution in [-0.4, -0.2) is 53.9 Å². The van der Waals surface area contributed by atoms with Gasteiger partial charge in [0.25, 0.3) is 5.91 Å². The number of carbonyl (C=O) groups excluding carboxylic acids is 1. The monoisotopic (exact) mass is 342 g/mol. The molecule has 0 bridgehead atoms. The second-order valence-electron chi connectivity index (χ2n) is 6.39. The lowest BCUT2D eigenvalue weighted by atomic mass is 9.96. The lowest BCUT2D eigenvalue weighted by molar-refractivity contribution is 0.0684. The number of aromatic nitrogens is 2. The fourth-order valence-corrected chi connectivity index (χ4v) is 3.17. The van der Waals surface area contributed by atoms with E-state index in [1.54, 1.807) is 17.9 Å². The van der Waals surface area contributed by atoms with Gasteiger partial charge in [-0.25, -0.2) is 4.68 Å². The van der Waals surface area contributed by atoms with Crippen LogP contribution in [0.15, 0.2) is 36.5 Å². The lowest BCUT2D eigenvalue weighted by Crippen LogP contribution is -2.41. The summed E-state index contributed by atoms with van der Waals surface area (Å²) in [7, 11) is 1.64. The Bertz CT molecular complexity index is 688. The molecule has 1 saturated heterocycles. The SMILES string of the molecule is CCNCC1CCN(C(=O)c2ccn(-c3ccc(OC)cc3)n2)CC1. The Morgan fingerprint density at radius 1 is 1.24 bits per heavy atom. The minimum atomic E-state index is 0.0224. The Morgan fingerprint density at radius 2 is 1.96 bits per heavy atom. The number of nitrogens with zero attached hydrogens (tertiary/aromatic N) is 3. The molecule has 2 aromatic rings. The summed E-state index contributed by atoms with van der Waals surface area (Å²) in [6.07, 6.45) is 3.93. The van der Waals surface area contributed by atoms with Gasteiger partial charge in [-0.1, -0.05) is 6.92 Å². The highest BCUT2D eigenvalue weighted by molar-refractivity contribution is 5.92. The molecule has 1 aromatic carbocycles. The Kier molecular flexibility index (Phi) is 5.71. The summed E-state index contributed by atoms with van der Waals surface area (Å²) in [6, 6.07) is 9.40. The third-order valence-corrected chi connectivity index (χ3v) is 4.73. The van der Waals surface area contributed by atoms with Crippen molar-refractivity contribution in [3.8, 4) is 11.4 Å². The molecule has 0 unspecified atom stereocenters. The van der Waals surface area contributed by atoms with Crippen LogP contribution in [-0.2, 0) is 0 Å². The topological polar surface area (TPSA) is 59.4 Å². The van der Waals surface area contributed by atoms with Crippen LogP contribution in [0.3, 0.4) is 0 Å². The molecule has 134 valence electrons. The van der Waals surface area contributed by atoms with Gasteiger partial charge in [-0.3, -0.25) is 4.79 Å². The molecule has 6 nitrogen and oxygen atoms in total. The Labute approximate surface area is 148 Å². The molecule has 1 aromatic heterocycles. The summed E-state index contributed by atoms with van der Waals surface area (Å²) < 4.78 is 6.89. The predicted octanol–water partition coefficient (Wildman–Crippen LogP) is 2.34. The van der Waals surface area contributed by atoms with Gasteiger partial charge in [-0.2, -0.15) is 5.10 Å². The lowest BCUT2D eigenvalue weighted by Gasteiger charge is -2.31. The summed E-state index contributed by atoms with van der Waals surface area (Å²) in [4.78, 5) is 14.6. The fraction of sp³-hybridized carbons (Fsp3) is 0.474. The van der Waals surface area contributed by atoms with Crippen molar-refractivity contribution in [2.24, 2.45) is 5.92 Å². The molecule has 0 aliphatic carbocycles. The Balaban J connectivity index is 1.61. The average Bonchev–Trinajstić information content (AvgIpc) is 3.16. The summed E-state index contributed by atoms with van der Waals surface area (Å²) in [6.45, 7) is 5.79. The molecule has 2 heterocycles. The highest BCUT2D eigenvalue weighted by Gasteiger charge is 2.24. The molecular formula is C19H26N4O2. The number of ether oxygens (including phenoxy) is 1. The van der Waals surface area contributed by atoms with Gasteiger partial charge in [-0.05, 0) is 62.2 Å². The largest absolute Gasteiger partial charge is 0.497 e. The van der Waals surface area contributed by atoms with E-state index in [0.29, 0.717) is 11.6 Å². The number of hydrogen-bond donors (Lipinski definition) is 1. The molecule has 1 aliphatic heterocycles. The van der Waals surface area contributed by atoms with E-state index < -0.39 is 0 Å². The van der Waals surface area contributed by atoms with Gasteiger partial charge in [0.05, 0.1) is 12.8 Å². The molecule has 1 fully saturated rings. The van der Waals surface area contributed by atoms with Gasteiger partial charge >= 0.3 is 0 Å². The van der Waals surface area contributed by atoms with E-state index in [2.05, 4.69) is 17.3 Å². The van der Waals surface area contributed by atoms with E-state index in [-0.39, 0.29) is 5.91 Å². The van der Waals surface area contributed by atoms with E-state index in [1.165, 1.54) is 0 Å². The zero-order valence-corrected chi connectivity index (χ0v) is 14.9. The van der Waals surface area contributed by atoms with Crippen molar-refractivity contribution in [3.05, 3.63) is 42.2 Å². The predicted molar refractivity (Wildman–Crippen MR) is 97.3 cm³/mol. The first kappa shape index (κ1) is 17.5. The van der Waals surface area contributed by atoms with Crippen molar-refractivity contribution in [2.75, 3.05) is 33.3 Å². The Hall–Kier alpha value is -2.34. The van der Waals surface area contributed by atoms with Gasteiger partial charge in [0.2, 0.25) is 0 Å². The number of amides is 1. The van der Waals surface area contributed by atoms with Crippen LogP contribution >= 0.6 is 0 Å². The molecule has 0 atom stereocenters. The minimum absolute atomic E-state index is 0.0224. The maximum Gasteiger partial charge on any atom is 0.274 e. The number of methoxy groups -OCH3 is 1. The van der Waals surface area contributed by atoms with Crippen molar-refractivity contribution < 1.29 is 9.53 Å². The van der Waals surface area contributed by atoms with E-state index in [9.17, 15) is 4.79 Å². The summed E-state index contributed by atoms with van der Waals surface area (Å²) >= 11 is 0. The molecule has 0 spiro atoms. The number of carbonyl (C=O) groups is 1. The van der Waals surface area contributed by atoms with E-state index in [1.807, 2.05) is 35.4 Å². The van der Waals surface area contributed by atoms with Crippen molar-refractivity contribution in [2.45, 2.75) is 19.8 Å². The van der Waals surface area contributed by atoms with Crippen LogP contribution in [0, 0.1) is 5.92 Å².